The summed E-state index contributed by atoms with van der Waals surface area (Å²) in [7, 11) is 0. The van der Waals surface area contributed by atoms with Crippen LogP contribution in [-0.4, -0.2) is 41.5 Å². The zero-order valence-electron chi connectivity index (χ0n) is 8.03. The van der Waals surface area contributed by atoms with Gasteiger partial charge in [-0.05, 0) is 6.42 Å². The molecule has 0 aromatic heterocycles. The molecular weight excluding hydrogens is 202 g/mol. The van der Waals surface area contributed by atoms with Crippen LogP contribution in [0.25, 0.3) is 0 Å². The number of carbonyl (C=O) groups excluding carboxylic acids is 3. The van der Waals surface area contributed by atoms with Crippen LogP contribution in [0.4, 0.5) is 0 Å². The highest BCUT2D eigenvalue weighted by Crippen LogP contribution is 2.04. The van der Waals surface area contributed by atoms with Crippen LogP contribution in [0, 0.1) is 0 Å². The number of rotatable bonds is 3. The summed E-state index contributed by atoms with van der Waals surface area (Å²) < 4.78 is 0. The number of hydrogen-bond donors (Lipinski definition) is 4. The van der Waals surface area contributed by atoms with Crippen LogP contribution in [0.1, 0.15) is 12.8 Å². The van der Waals surface area contributed by atoms with Crippen LogP contribution in [0.3, 0.4) is 0 Å². The summed E-state index contributed by atoms with van der Waals surface area (Å²) in [6, 6.07) is -1.79. The highest BCUT2D eigenvalue weighted by atomic mass is 16.3. The molecule has 1 aliphatic rings. The van der Waals surface area contributed by atoms with Crippen LogP contribution in [0.15, 0.2) is 0 Å². The van der Waals surface area contributed by atoms with Crippen LogP contribution < -0.4 is 16.4 Å². The van der Waals surface area contributed by atoms with E-state index >= 15 is 0 Å². The van der Waals surface area contributed by atoms with E-state index in [2.05, 4.69) is 10.6 Å². The number of aliphatic hydroxyl groups excluding tert-OH is 1. The molecular formula is C8H13N3O4. The van der Waals surface area contributed by atoms with Gasteiger partial charge in [0.2, 0.25) is 17.7 Å². The SMILES string of the molecule is NC(CO)C(=O)NC1CCC(=O)NC1=O. The highest BCUT2D eigenvalue weighted by Gasteiger charge is 2.28. The second-order valence-electron chi connectivity index (χ2n) is 3.30. The van der Waals surface area contributed by atoms with Gasteiger partial charge in [-0.2, -0.15) is 0 Å². The maximum atomic E-state index is 11.2. The van der Waals surface area contributed by atoms with Crippen LogP contribution in [0.2, 0.25) is 0 Å². The van der Waals surface area contributed by atoms with Gasteiger partial charge in [-0.1, -0.05) is 0 Å². The monoisotopic (exact) mass is 215 g/mol. The van der Waals surface area contributed by atoms with E-state index in [-0.39, 0.29) is 18.7 Å². The van der Waals surface area contributed by atoms with Gasteiger partial charge < -0.3 is 16.2 Å². The summed E-state index contributed by atoms with van der Waals surface area (Å²) in [4.78, 5) is 33.2. The van der Waals surface area contributed by atoms with E-state index < -0.39 is 30.5 Å². The van der Waals surface area contributed by atoms with E-state index in [1.165, 1.54) is 0 Å². The first-order valence-electron chi connectivity index (χ1n) is 4.55. The molecule has 2 atom stereocenters. The van der Waals surface area contributed by atoms with E-state index in [4.69, 9.17) is 10.8 Å². The maximum absolute atomic E-state index is 11.2. The third kappa shape index (κ3) is 3.00. The molecule has 7 nitrogen and oxygen atoms in total. The number of imide groups is 1. The molecule has 1 heterocycles. The molecule has 0 saturated carbocycles. The molecule has 0 aliphatic carbocycles. The van der Waals surface area contributed by atoms with Crippen molar-refractivity contribution in [2.45, 2.75) is 24.9 Å². The lowest BCUT2D eigenvalue weighted by molar-refractivity contribution is -0.137. The fourth-order valence-corrected chi connectivity index (χ4v) is 1.19. The second-order valence-corrected chi connectivity index (χ2v) is 3.30. The zero-order valence-corrected chi connectivity index (χ0v) is 8.03. The van der Waals surface area contributed by atoms with E-state index in [0.29, 0.717) is 0 Å². The quantitative estimate of drug-likeness (QED) is 0.380. The first-order valence-corrected chi connectivity index (χ1v) is 4.55. The third-order valence-corrected chi connectivity index (χ3v) is 2.09. The Bertz CT molecular complexity index is 292. The lowest BCUT2D eigenvalue weighted by Gasteiger charge is -2.22. The second kappa shape index (κ2) is 4.85. The summed E-state index contributed by atoms with van der Waals surface area (Å²) >= 11 is 0. The fraction of sp³-hybridized carbons (Fsp3) is 0.625. The third-order valence-electron chi connectivity index (χ3n) is 2.09. The van der Waals surface area contributed by atoms with Crippen molar-refractivity contribution in [1.29, 1.82) is 0 Å². The first-order chi connectivity index (χ1) is 7.04. The predicted molar refractivity (Wildman–Crippen MR) is 49.4 cm³/mol. The normalized spacial score (nSPS) is 23.2. The summed E-state index contributed by atoms with van der Waals surface area (Å²) in [5.41, 5.74) is 5.25. The highest BCUT2D eigenvalue weighted by molar-refractivity contribution is 6.01. The molecule has 0 aromatic carbocycles. The minimum Gasteiger partial charge on any atom is -0.394 e. The van der Waals surface area contributed by atoms with Gasteiger partial charge in [-0.15, -0.1) is 0 Å². The molecule has 5 N–H and O–H groups in total. The molecule has 1 rings (SSSR count). The predicted octanol–water partition coefficient (Wildman–Crippen LogP) is -2.77. The Balaban J connectivity index is 2.48. The Morgan fingerprint density at radius 1 is 1.67 bits per heavy atom. The van der Waals surface area contributed by atoms with Gasteiger partial charge in [0, 0.05) is 6.42 Å². The van der Waals surface area contributed by atoms with Crippen molar-refractivity contribution in [2.24, 2.45) is 5.73 Å². The first kappa shape index (κ1) is 11.6. The lowest BCUT2D eigenvalue weighted by Crippen LogP contribution is -2.55. The van der Waals surface area contributed by atoms with Crippen molar-refractivity contribution < 1.29 is 19.5 Å². The average Bonchev–Trinajstić information content (AvgIpc) is 2.20. The van der Waals surface area contributed by atoms with Crippen molar-refractivity contribution in [3.05, 3.63) is 0 Å². The van der Waals surface area contributed by atoms with Crippen molar-refractivity contribution in [1.82, 2.24) is 10.6 Å². The molecule has 3 amide bonds. The topological polar surface area (TPSA) is 122 Å². The lowest BCUT2D eigenvalue weighted by atomic mass is 10.1. The largest absolute Gasteiger partial charge is 0.394 e. The fourth-order valence-electron chi connectivity index (χ4n) is 1.19. The van der Waals surface area contributed by atoms with Crippen molar-refractivity contribution >= 4 is 17.7 Å². The molecule has 7 heteroatoms. The summed E-state index contributed by atoms with van der Waals surface area (Å²) in [5, 5.41) is 13.0. The van der Waals surface area contributed by atoms with Gasteiger partial charge in [0.1, 0.15) is 12.1 Å². The van der Waals surface area contributed by atoms with E-state index in [1.54, 1.807) is 0 Å². The Kier molecular flexibility index (Phi) is 3.75. The molecule has 84 valence electrons. The van der Waals surface area contributed by atoms with E-state index in [0.717, 1.165) is 0 Å². The Morgan fingerprint density at radius 3 is 2.87 bits per heavy atom. The molecule has 0 spiro atoms. The van der Waals surface area contributed by atoms with E-state index in [9.17, 15) is 14.4 Å². The Morgan fingerprint density at radius 2 is 2.33 bits per heavy atom. The van der Waals surface area contributed by atoms with Crippen LogP contribution >= 0.6 is 0 Å². The molecule has 0 radical (unpaired) electrons. The number of nitrogens with one attached hydrogen (secondary N) is 2. The van der Waals surface area contributed by atoms with Crippen molar-refractivity contribution in [3.63, 3.8) is 0 Å². The molecule has 0 bridgehead atoms. The smallest absolute Gasteiger partial charge is 0.249 e. The van der Waals surface area contributed by atoms with Gasteiger partial charge in [0.25, 0.3) is 0 Å². The van der Waals surface area contributed by atoms with Crippen LogP contribution in [0.5, 0.6) is 0 Å². The minimum absolute atomic E-state index is 0.186. The summed E-state index contributed by atoms with van der Waals surface area (Å²) in [5.74, 6) is -1.49. The van der Waals surface area contributed by atoms with Gasteiger partial charge in [0.15, 0.2) is 0 Å². The number of amides is 3. The van der Waals surface area contributed by atoms with Crippen molar-refractivity contribution in [3.8, 4) is 0 Å². The van der Waals surface area contributed by atoms with Crippen LogP contribution in [-0.2, 0) is 14.4 Å². The molecule has 1 fully saturated rings. The Hall–Kier alpha value is -1.47. The minimum atomic E-state index is -1.05. The van der Waals surface area contributed by atoms with Gasteiger partial charge >= 0.3 is 0 Å². The average molecular weight is 215 g/mol. The number of hydrogen-bond acceptors (Lipinski definition) is 5. The summed E-state index contributed by atoms with van der Waals surface area (Å²) in [6.45, 7) is -0.487. The zero-order chi connectivity index (χ0) is 11.4. The van der Waals surface area contributed by atoms with Crippen molar-refractivity contribution in [2.75, 3.05) is 6.61 Å². The Labute approximate surface area is 86.0 Å². The summed E-state index contributed by atoms with van der Waals surface area (Å²) in [6.07, 6.45) is 0.444. The molecule has 1 saturated heterocycles. The molecule has 0 aromatic rings. The maximum Gasteiger partial charge on any atom is 0.249 e. The van der Waals surface area contributed by atoms with Gasteiger partial charge in [-0.25, -0.2) is 0 Å². The van der Waals surface area contributed by atoms with Gasteiger partial charge in [-0.3, -0.25) is 19.7 Å². The molecule has 2 unspecified atom stereocenters. The number of aliphatic hydroxyl groups is 1. The molecule has 1 aliphatic heterocycles. The molecule has 15 heavy (non-hydrogen) atoms. The number of carbonyl (C=O) groups is 3. The number of piperidine rings is 1. The number of nitrogens with two attached hydrogens (primary N) is 1. The standard InChI is InChI=1S/C8H13N3O4/c9-4(3-12)7(14)10-5-1-2-6(13)11-8(5)15/h4-5,12H,1-3,9H2,(H,10,14)(H,11,13,15). The van der Waals surface area contributed by atoms with E-state index in [1.807, 2.05) is 0 Å². The van der Waals surface area contributed by atoms with Gasteiger partial charge in [0.05, 0.1) is 6.61 Å².